The number of benzene rings is 1. The standard InChI is InChI=1S/C34H43BrN4O8/c1-22-28(23-9-5-3-6-10-23)46-33(44)26-27-31(42)39(15-18-40)30(34(27)21-24(35)29(26)47-34)32(43)38(14-13-37-16-19-45-20-17-37)12-8-4-7-11-25(41)36(22)2/h3-6,8-10,21-22,26-30,40H,7,11-20H2,1-2H3/b8-4-/t22-,26+,27-,28+,29+,30+,34-/m1/s1. The van der Waals surface area contributed by atoms with Crippen molar-refractivity contribution in [3.8, 4) is 0 Å². The highest BCUT2D eigenvalue weighted by molar-refractivity contribution is 9.11. The average molecular weight is 716 g/mol. The molecule has 0 unspecified atom stereocenters. The van der Waals surface area contributed by atoms with Gasteiger partial charge in [-0.2, -0.15) is 0 Å². The van der Waals surface area contributed by atoms with Gasteiger partial charge in [0.1, 0.15) is 29.8 Å². The number of ether oxygens (including phenoxy) is 3. The summed E-state index contributed by atoms with van der Waals surface area (Å²) >= 11 is 3.58. The third kappa shape index (κ3) is 6.28. The molecule has 5 bridgehead atoms. The van der Waals surface area contributed by atoms with Crippen molar-refractivity contribution in [2.45, 2.75) is 49.7 Å². The number of rotatable bonds is 6. The lowest BCUT2D eigenvalue weighted by Crippen LogP contribution is -2.57. The monoisotopic (exact) mass is 714 g/mol. The molecule has 0 saturated carbocycles. The Morgan fingerprint density at radius 2 is 1.72 bits per heavy atom. The van der Waals surface area contributed by atoms with Crippen molar-refractivity contribution >= 4 is 39.6 Å². The molecule has 1 spiro atoms. The third-order valence-corrected chi connectivity index (χ3v) is 10.9. The molecular weight excluding hydrogens is 672 g/mol. The van der Waals surface area contributed by atoms with E-state index in [1.165, 1.54) is 4.90 Å². The van der Waals surface area contributed by atoms with Crippen molar-refractivity contribution in [3.05, 3.63) is 58.6 Å². The first-order chi connectivity index (χ1) is 22.7. The van der Waals surface area contributed by atoms with Gasteiger partial charge >= 0.3 is 5.97 Å². The quantitative estimate of drug-likeness (QED) is 0.344. The average Bonchev–Trinajstić information content (AvgIpc) is 3.67. The lowest BCUT2D eigenvalue weighted by molar-refractivity contribution is -0.164. The summed E-state index contributed by atoms with van der Waals surface area (Å²) in [6.45, 7) is 5.41. The number of nitrogens with zero attached hydrogens (tertiary/aromatic N) is 4. The molecule has 5 heterocycles. The molecule has 1 N–H and O–H groups in total. The van der Waals surface area contributed by atoms with Gasteiger partial charge in [0.25, 0.3) is 0 Å². The summed E-state index contributed by atoms with van der Waals surface area (Å²) in [5, 5.41) is 10.0. The van der Waals surface area contributed by atoms with Gasteiger partial charge in [-0.05, 0) is 25.0 Å². The van der Waals surface area contributed by atoms with Crippen LogP contribution in [0.25, 0.3) is 0 Å². The highest BCUT2D eigenvalue weighted by atomic mass is 79.9. The van der Waals surface area contributed by atoms with Crippen LogP contribution in [0.2, 0.25) is 0 Å². The highest BCUT2D eigenvalue weighted by Gasteiger charge is 2.75. The Morgan fingerprint density at radius 3 is 2.45 bits per heavy atom. The van der Waals surface area contributed by atoms with Gasteiger partial charge < -0.3 is 34.0 Å². The van der Waals surface area contributed by atoms with Crippen molar-refractivity contribution in [3.63, 3.8) is 0 Å². The number of carbonyl (C=O) groups excluding carboxylic acids is 4. The minimum absolute atomic E-state index is 0.0849. The maximum Gasteiger partial charge on any atom is 0.313 e. The Kier molecular flexibility index (Phi) is 10.2. The van der Waals surface area contributed by atoms with Crippen molar-refractivity contribution in [2.75, 3.05) is 66.1 Å². The van der Waals surface area contributed by atoms with Crippen molar-refractivity contribution < 1.29 is 38.5 Å². The minimum Gasteiger partial charge on any atom is -0.455 e. The number of amides is 3. The molecule has 6 rings (SSSR count). The van der Waals surface area contributed by atoms with E-state index in [9.17, 15) is 24.3 Å². The number of fused-ring (bicyclic) bond motifs is 2. The van der Waals surface area contributed by atoms with Gasteiger partial charge in [-0.15, -0.1) is 0 Å². The van der Waals surface area contributed by atoms with Crippen LogP contribution in [0.15, 0.2) is 53.0 Å². The molecule has 3 saturated heterocycles. The zero-order chi connectivity index (χ0) is 33.3. The predicted octanol–water partition coefficient (Wildman–Crippen LogP) is 1.49. The lowest BCUT2D eigenvalue weighted by atomic mass is 9.74. The number of allylic oxidation sites excluding steroid dienone is 1. The minimum atomic E-state index is -1.42. The van der Waals surface area contributed by atoms with E-state index in [-0.39, 0.29) is 37.9 Å². The summed E-state index contributed by atoms with van der Waals surface area (Å²) in [6.07, 6.45) is 4.61. The molecule has 5 aliphatic rings. The summed E-state index contributed by atoms with van der Waals surface area (Å²) in [4.78, 5) is 63.4. The smallest absolute Gasteiger partial charge is 0.313 e. The molecular formula is C34H43BrN4O8. The van der Waals surface area contributed by atoms with E-state index in [0.717, 1.165) is 13.1 Å². The molecule has 1 aromatic rings. The van der Waals surface area contributed by atoms with Crippen LogP contribution in [0.4, 0.5) is 0 Å². The number of aliphatic hydroxyl groups is 1. The Bertz CT molecular complexity index is 1420. The fourth-order valence-corrected chi connectivity index (χ4v) is 8.33. The number of likely N-dealkylation sites (tertiary alicyclic amines) is 1. The second-order valence-electron chi connectivity index (χ2n) is 12.8. The molecule has 5 aliphatic heterocycles. The molecule has 1 aromatic carbocycles. The van der Waals surface area contributed by atoms with Gasteiger partial charge in [0.2, 0.25) is 17.7 Å². The largest absolute Gasteiger partial charge is 0.455 e. The fraction of sp³-hybridized carbons (Fsp3) is 0.588. The van der Waals surface area contributed by atoms with Crippen molar-refractivity contribution in [1.29, 1.82) is 0 Å². The zero-order valence-corrected chi connectivity index (χ0v) is 28.4. The number of aliphatic hydroxyl groups excluding tert-OH is 1. The number of β-amino-alcohol motifs (C(OH)–C–C–N with tert-alkyl or cyclic N) is 1. The van der Waals surface area contributed by atoms with E-state index in [1.54, 1.807) is 22.9 Å². The SMILES string of the molecule is C[C@@H]1[C@@H](c2ccccc2)OC(=O)[C@@H]2[C@H]3O[C@@]4(C=C3Br)[C@H](C(=O)N(CCN3CCOCC3)C/C=C\CCC(=O)N1C)N(CCO)C(=O)[C@@H]24. The number of hydrogen-bond donors (Lipinski definition) is 1. The van der Waals surface area contributed by atoms with E-state index in [0.29, 0.717) is 42.8 Å². The first-order valence-electron chi connectivity index (χ1n) is 16.4. The zero-order valence-electron chi connectivity index (χ0n) is 26.8. The van der Waals surface area contributed by atoms with Gasteiger partial charge in [-0.25, -0.2) is 0 Å². The number of esters is 1. The predicted molar refractivity (Wildman–Crippen MR) is 174 cm³/mol. The Hall–Kier alpha value is -3.10. The topological polar surface area (TPSA) is 129 Å². The van der Waals surface area contributed by atoms with Crippen LogP contribution >= 0.6 is 15.9 Å². The van der Waals surface area contributed by atoms with Gasteiger partial charge in [0, 0.05) is 57.2 Å². The second kappa shape index (κ2) is 14.2. The molecule has 47 heavy (non-hydrogen) atoms. The highest BCUT2D eigenvalue weighted by Crippen LogP contribution is 2.59. The fourth-order valence-electron chi connectivity index (χ4n) is 7.59. The summed E-state index contributed by atoms with van der Waals surface area (Å²) < 4.78 is 18.9. The Morgan fingerprint density at radius 1 is 0.979 bits per heavy atom. The first kappa shape index (κ1) is 33.8. The number of likely N-dealkylation sites (N-methyl/N-ethyl adjacent to an activating group) is 1. The first-order valence-corrected chi connectivity index (χ1v) is 17.2. The van der Waals surface area contributed by atoms with Gasteiger partial charge in [0.15, 0.2) is 0 Å². The maximum absolute atomic E-state index is 14.7. The van der Waals surface area contributed by atoms with E-state index in [2.05, 4.69) is 20.8 Å². The molecule has 7 atom stereocenters. The van der Waals surface area contributed by atoms with Crippen LogP contribution in [-0.4, -0.2) is 138 Å². The summed E-state index contributed by atoms with van der Waals surface area (Å²) in [7, 11) is 1.70. The summed E-state index contributed by atoms with van der Waals surface area (Å²) in [6, 6.07) is 7.62. The van der Waals surface area contributed by atoms with E-state index in [4.69, 9.17) is 14.2 Å². The van der Waals surface area contributed by atoms with E-state index < -0.39 is 53.6 Å². The molecule has 3 amide bonds. The lowest BCUT2D eigenvalue weighted by Gasteiger charge is -2.36. The van der Waals surface area contributed by atoms with Gasteiger partial charge in [-0.3, -0.25) is 24.1 Å². The number of morpholine rings is 1. The number of hydrogen-bond acceptors (Lipinski definition) is 9. The number of halogens is 1. The van der Waals surface area contributed by atoms with Crippen LogP contribution in [0.1, 0.15) is 31.4 Å². The summed E-state index contributed by atoms with van der Waals surface area (Å²) in [5.74, 6) is -3.58. The molecule has 0 aliphatic carbocycles. The molecule has 13 heteroatoms. The normalized spacial score (nSPS) is 34.5. The van der Waals surface area contributed by atoms with Crippen molar-refractivity contribution in [2.24, 2.45) is 11.8 Å². The van der Waals surface area contributed by atoms with Crippen LogP contribution < -0.4 is 0 Å². The molecule has 12 nitrogen and oxygen atoms in total. The van der Waals surface area contributed by atoms with E-state index >= 15 is 0 Å². The van der Waals surface area contributed by atoms with Gasteiger partial charge in [-0.1, -0.05) is 58.4 Å². The number of cyclic esters (lactones) is 1. The maximum atomic E-state index is 14.7. The van der Waals surface area contributed by atoms with Gasteiger partial charge in [0.05, 0.1) is 31.8 Å². The van der Waals surface area contributed by atoms with Crippen LogP contribution in [-0.2, 0) is 33.4 Å². The van der Waals surface area contributed by atoms with Crippen LogP contribution in [0.5, 0.6) is 0 Å². The number of carbonyl (C=O) groups is 4. The Balaban J connectivity index is 1.39. The van der Waals surface area contributed by atoms with Crippen LogP contribution in [0.3, 0.4) is 0 Å². The molecule has 254 valence electrons. The van der Waals surface area contributed by atoms with Crippen LogP contribution in [0, 0.1) is 11.8 Å². The molecule has 0 aromatic heterocycles. The molecule has 3 fully saturated rings. The van der Waals surface area contributed by atoms with E-state index in [1.807, 2.05) is 49.4 Å². The second-order valence-corrected chi connectivity index (χ2v) is 13.8. The molecule has 0 radical (unpaired) electrons. The summed E-state index contributed by atoms with van der Waals surface area (Å²) in [5.41, 5.74) is -0.714. The third-order valence-electron chi connectivity index (χ3n) is 10.2. The van der Waals surface area contributed by atoms with Crippen molar-refractivity contribution in [1.82, 2.24) is 19.6 Å². The Labute approximate surface area is 283 Å².